The molecule has 0 radical (unpaired) electrons. The van der Waals surface area contributed by atoms with E-state index < -0.39 is 0 Å². The Hall–Kier alpha value is -1.17. The second-order valence-corrected chi connectivity index (χ2v) is 5.38. The molecule has 94 valence electrons. The van der Waals surface area contributed by atoms with Crippen LogP contribution < -0.4 is 5.32 Å². The lowest BCUT2D eigenvalue weighted by Crippen LogP contribution is -2.23. The molecule has 4 nitrogen and oxygen atoms in total. The molecule has 7 heteroatoms. The van der Waals surface area contributed by atoms with E-state index in [0.717, 1.165) is 10.7 Å². The van der Waals surface area contributed by atoms with Crippen molar-refractivity contribution < 1.29 is 4.79 Å². The van der Waals surface area contributed by atoms with Gasteiger partial charge in [0, 0.05) is 11.6 Å². The van der Waals surface area contributed by atoms with Crippen LogP contribution in [0.1, 0.15) is 21.1 Å². The van der Waals surface area contributed by atoms with E-state index in [9.17, 15) is 4.79 Å². The molecule has 0 aliphatic heterocycles. The Morgan fingerprint density at radius 3 is 2.94 bits per heavy atom. The summed E-state index contributed by atoms with van der Waals surface area (Å²) in [4.78, 5) is 19.9. The molecule has 0 fully saturated rings. The molecule has 1 amide bonds. The first-order valence-corrected chi connectivity index (χ1v) is 6.70. The number of nitrogens with one attached hydrogen (secondary N) is 1. The quantitative estimate of drug-likeness (QED) is 0.886. The molecule has 0 unspecified atom stereocenters. The van der Waals surface area contributed by atoms with Crippen molar-refractivity contribution in [3.8, 4) is 0 Å². The van der Waals surface area contributed by atoms with E-state index >= 15 is 0 Å². The van der Waals surface area contributed by atoms with E-state index in [4.69, 9.17) is 23.2 Å². The van der Waals surface area contributed by atoms with Gasteiger partial charge in [0.1, 0.15) is 5.15 Å². The maximum atomic E-state index is 11.9. The SMILES string of the molecule is Cc1nc(CNC(=O)c2cc(Cl)ncc2Cl)cs1. The summed E-state index contributed by atoms with van der Waals surface area (Å²) in [6, 6.07) is 1.44. The van der Waals surface area contributed by atoms with Crippen LogP contribution in [0.5, 0.6) is 0 Å². The summed E-state index contributed by atoms with van der Waals surface area (Å²) in [5.74, 6) is -0.296. The minimum Gasteiger partial charge on any atom is -0.346 e. The van der Waals surface area contributed by atoms with Gasteiger partial charge in [0.2, 0.25) is 0 Å². The van der Waals surface area contributed by atoms with E-state index in [1.165, 1.54) is 23.6 Å². The fourth-order valence-corrected chi connectivity index (χ4v) is 2.30. The summed E-state index contributed by atoms with van der Waals surface area (Å²) in [7, 11) is 0. The molecule has 2 aromatic rings. The highest BCUT2D eigenvalue weighted by Gasteiger charge is 2.11. The van der Waals surface area contributed by atoms with Crippen molar-refractivity contribution in [1.82, 2.24) is 15.3 Å². The van der Waals surface area contributed by atoms with Crippen molar-refractivity contribution in [2.45, 2.75) is 13.5 Å². The number of amides is 1. The second kappa shape index (κ2) is 5.65. The van der Waals surface area contributed by atoms with Crippen LogP contribution >= 0.6 is 34.5 Å². The highest BCUT2D eigenvalue weighted by molar-refractivity contribution is 7.09. The smallest absolute Gasteiger partial charge is 0.253 e. The third-order valence-corrected chi connectivity index (χ3v) is 3.49. The Bertz CT molecular complexity index is 585. The van der Waals surface area contributed by atoms with Crippen molar-refractivity contribution in [2.24, 2.45) is 0 Å². The number of rotatable bonds is 3. The number of thiazole rings is 1. The van der Waals surface area contributed by atoms with Gasteiger partial charge in [0.15, 0.2) is 0 Å². The molecule has 0 saturated heterocycles. The topological polar surface area (TPSA) is 54.9 Å². The molecule has 0 saturated carbocycles. The van der Waals surface area contributed by atoms with Crippen molar-refractivity contribution in [3.05, 3.63) is 44.1 Å². The normalized spacial score (nSPS) is 10.4. The van der Waals surface area contributed by atoms with Crippen LogP contribution in [-0.2, 0) is 6.54 Å². The fraction of sp³-hybridized carbons (Fsp3) is 0.182. The summed E-state index contributed by atoms with van der Waals surface area (Å²) < 4.78 is 0. The van der Waals surface area contributed by atoms with Gasteiger partial charge >= 0.3 is 0 Å². The summed E-state index contributed by atoms with van der Waals surface area (Å²) in [5.41, 5.74) is 1.13. The summed E-state index contributed by atoms with van der Waals surface area (Å²) in [5, 5.41) is 6.09. The van der Waals surface area contributed by atoms with Crippen LogP contribution in [0.15, 0.2) is 17.6 Å². The average molecular weight is 302 g/mol. The summed E-state index contributed by atoms with van der Waals surface area (Å²) >= 11 is 13.1. The molecule has 0 aliphatic rings. The van der Waals surface area contributed by atoms with E-state index in [0.29, 0.717) is 12.1 Å². The average Bonchev–Trinajstić information content (AvgIpc) is 2.75. The highest BCUT2D eigenvalue weighted by atomic mass is 35.5. The lowest BCUT2D eigenvalue weighted by molar-refractivity contribution is 0.0950. The van der Waals surface area contributed by atoms with Gasteiger partial charge < -0.3 is 5.32 Å². The number of carbonyl (C=O) groups is 1. The van der Waals surface area contributed by atoms with Gasteiger partial charge in [0.05, 0.1) is 27.8 Å². The monoisotopic (exact) mass is 301 g/mol. The number of aryl methyl sites for hydroxylation is 1. The van der Waals surface area contributed by atoms with Gasteiger partial charge in [0.25, 0.3) is 5.91 Å². The highest BCUT2D eigenvalue weighted by Crippen LogP contribution is 2.18. The number of halogens is 2. The second-order valence-electron chi connectivity index (χ2n) is 3.53. The Balaban J connectivity index is 2.05. The molecule has 0 spiro atoms. The first-order valence-electron chi connectivity index (χ1n) is 5.06. The fourth-order valence-electron chi connectivity index (χ4n) is 1.34. The molecule has 0 aliphatic carbocycles. The minimum atomic E-state index is -0.296. The third kappa shape index (κ3) is 3.19. The van der Waals surface area contributed by atoms with E-state index in [1.807, 2.05) is 12.3 Å². The van der Waals surface area contributed by atoms with Crippen LogP contribution in [-0.4, -0.2) is 15.9 Å². The lowest BCUT2D eigenvalue weighted by Gasteiger charge is -2.05. The van der Waals surface area contributed by atoms with Crippen LogP contribution in [0.4, 0.5) is 0 Å². The molecule has 1 N–H and O–H groups in total. The van der Waals surface area contributed by atoms with Crippen molar-refractivity contribution >= 4 is 40.4 Å². The predicted molar refractivity (Wildman–Crippen MR) is 72.3 cm³/mol. The van der Waals surface area contributed by atoms with E-state index in [1.54, 1.807) is 0 Å². The molecule has 0 aromatic carbocycles. The van der Waals surface area contributed by atoms with Gasteiger partial charge in [-0.15, -0.1) is 11.3 Å². The van der Waals surface area contributed by atoms with Crippen LogP contribution in [0.2, 0.25) is 10.2 Å². The maximum Gasteiger partial charge on any atom is 0.253 e. The standard InChI is InChI=1S/C11H9Cl2N3OS/c1-6-16-7(5-18-6)3-15-11(17)8-2-10(13)14-4-9(8)12/h2,4-5H,3H2,1H3,(H,15,17). The molecule has 18 heavy (non-hydrogen) atoms. The number of hydrogen-bond acceptors (Lipinski definition) is 4. The lowest BCUT2D eigenvalue weighted by atomic mass is 10.2. The van der Waals surface area contributed by atoms with Gasteiger partial charge in [-0.2, -0.15) is 0 Å². The van der Waals surface area contributed by atoms with Gasteiger partial charge in [-0.3, -0.25) is 4.79 Å². The molecule has 2 aromatic heterocycles. The Kier molecular flexibility index (Phi) is 4.16. The first kappa shape index (κ1) is 13.3. The minimum absolute atomic E-state index is 0.231. The molecule has 2 heterocycles. The largest absolute Gasteiger partial charge is 0.346 e. The van der Waals surface area contributed by atoms with Gasteiger partial charge in [-0.05, 0) is 13.0 Å². The molecule has 2 rings (SSSR count). The number of aromatic nitrogens is 2. The molecular formula is C11H9Cl2N3OS. The van der Waals surface area contributed by atoms with Crippen molar-refractivity contribution in [1.29, 1.82) is 0 Å². The summed E-state index contributed by atoms with van der Waals surface area (Å²) in [6.07, 6.45) is 1.35. The van der Waals surface area contributed by atoms with Gasteiger partial charge in [-0.1, -0.05) is 23.2 Å². The Labute approximate surface area is 118 Å². The van der Waals surface area contributed by atoms with Gasteiger partial charge in [-0.25, -0.2) is 9.97 Å². The summed E-state index contributed by atoms with van der Waals surface area (Å²) in [6.45, 7) is 2.27. The van der Waals surface area contributed by atoms with Crippen LogP contribution in [0.3, 0.4) is 0 Å². The zero-order valence-electron chi connectivity index (χ0n) is 9.41. The molecule has 0 atom stereocenters. The van der Waals surface area contributed by atoms with Crippen LogP contribution in [0.25, 0.3) is 0 Å². The molecular weight excluding hydrogens is 293 g/mol. The van der Waals surface area contributed by atoms with E-state index in [-0.39, 0.29) is 16.1 Å². The third-order valence-electron chi connectivity index (χ3n) is 2.16. The molecule has 0 bridgehead atoms. The van der Waals surface area contributed by atoms with Crippen LogP contribution in [0, 0.1) is 6.92 Å². The number of carbonyl (C=O) groups excluding carboxylic acids is 1. The zero-order chi connectivity index (χ0) is 13.1. The number of nitrogens with zero attached hydrogens (tertiary/aromatic N) is 2. The van der Waals surface area contributed by atoms with Crippen molar-refractivity contribution in [3.63, 3.8) is 0 Å². The predicted octanol–water partition coefficient (Wildman–Crippen LogP) is 3.08. The maximum absolute atomic E-state index is 11.9. The zero-order valence-corrected chi connectivity index (χ0v) is 11.7. The first-order chi connectivity index (χ1) is 8.56. The number of hydrogen-bond donors (Lipinski definition) is 1. The van der Waals surface area contributed by atoms with E-state index in [2.05, 4.69) is 15.3 Å². The Morgan fingerprint density at radius 1 is 1.50 bits per heavy atom. The Morgan fingerprint density at radius 2 is 2.28 bits per heavy atom. The van der Waals surface area contributed by atoms with Crippen molar-refractivity contribution in [2.75, 3.05) is 0 Å². The number of pyridine rings is 1.